The number of nitrogens with zero attached hydrogens (tertiary/aromatic N) is 3. The fraction of sp³-hybridized carbons (Fsp3) is 0.600. The van der Waals surface area contributed by atoms with Crippen molar-refractivity contribution < 1.29 is 10.0 Å². The maximum atomic E-state index is 10.9. The van der Waals surface area contributed by atoms with Crippen LogP contribution in [0.1, 0.15) is 26.3 Å². The third-order valence-electron chi connectivity index (χ3n) is 4.02. The Morgan fingerprint density at radius 1 is 1.24 bits per heavy atom. The number of nitro benzene ring substituents is 1. The van der Waals surface area contributed by atoms with E-state index < -0.39 is 4.92 Å². The molecule has 0 bridgehead atoms. The molecule has 1 heterocycles. The van der Waals surface area contributed by atoms with Gasteiger partial charge in [-0.3, -0.25) is 15.0 Å². The van der Waals surface area contributed by atoms with E-state index in [1.54, 1.807) is 12.1 Å². The molecule has 0 aliphatic carbocycles. The molecule has 0 aromatic heterocycles. The summed E-state index contributed by atoms with van der Waals surface area (Å²) >= 11 is 0. The van der Waals surface area contributed by atoms with Crippen LogP contribution < -0.4 is 4.90 Å². The van der Waals surface area contributed by atoms with Gasteiger partial charge in [-0.15, -0.1) is 0 Å². The standard InChI is InChI=1S/C15H23N3O3/c1-15(2,3)17-8-6-16(7-9-17)13-4-5-14(18(20)21)12(10-13)11-19/h4-5,10,19H,6-9,11H2,1-3H3. The zero-order valence-corrected chi connectivity index (χ0v) is 12.9. The molecular weight excluding hydrogens is 270 g/mol. The predicted molar refractivity (Wildman–Crippen MR) is 82.6 cm³/mol. The van der Waals surface area contributed by atoms with Gasteiger partial charge < -0.3 is 10.0 Å². The maximum absolute atomic E-state index is 10.9. The van der Waals surface area contributed by atoms with Crippen LogP contribution in [0.2, 0.25) is 0 Å². The van der Waals surface area contributed by atoms with Gasteiger partial charge in [-0.05, 0) is 32.9 Å². The van der Waals surface area contributed by atoms with Crippen LogP contribution in [0.25, 0.3) is 0 Å². The van der Waals surface area contributed by atoms with Gasteiger partial charge in [0.25, 0.3) is 5.69 Å². The number of nitro groups is 1. The summed E-state index contributed by atoms with van der Waals surface area (Å²) in [6.45, 7) is 10.0. The zero-order valence-electron chi connectivity index (χ0n) is 12.9. The van der Waals surface area contributed by atoms with Gasteiger partial charge in [0.05, 0.1) is 17.1 Å². The highest BCUT2D eigenvalue weighted by Gasteiger charge is 2.26. The van der Waals surface area contributed by atoms with Gasteiger partial charge in [0.2, 0.25) is 0 Å². The number of aliphatic hydroxyl groups excluding tert-OH is 1. The van der Waals surface area contributed by atoms with Crippen molar-refractivity contribution >= 4 is 11.4 Å². The molecule has 116 valence electrons. The number of hydrogen-bond acceptors (Lipinski definition) is 5. The Balaban J connectivity index is 2.12. The van der Waals surface area contributed by atoms with Gasteiger partial charge in [-0.2, -0.15) is 0 Å². The quantitative estimate of drug-likeness (QED) is 0.682. The van der Waals surface area contributed by atoms with Crippen molar-refractivity contribution in [3.8, 4) is 0 Å². The van der Waals surface area contributed by atoms with Crippen LogP contribution in [-0.2, 0) is 6.61 Å². The average molecular weight is 293 g/mol. The van der Waals surface area contributed by atoms with Gasteiger partial charge in [-0.1, -0.05) is 0 Å². The molecule has 1 aliphatic heterocycles. The van der Waals surface area contributed by atoms with Crippen molar-refractivity contribution in [1.82, 2.24) is 4.90 Å². The second kappa shape index (κ2) is 5.99. The van der Waals surface area contributed by atoms with E-state index in [1.807, 2.05) is 0 Å². The second-order valence-corrected chi connectivity index (χ2v) is 6.37. The molecule has 1 N–H and O–H groups in total. The lowest BCUT2D eigenvalue weighted by Gasteiger charge is -2.43. The molecule has 0 radical (unpaired) electrons. The molecule has 6 heteroatoms. The van der Waals surface area contributed by atoms with E-state index in [4.69, 9.17) is 0 Å². The molecule has 1 aromatic carbocycles. The Hall–Kier alpha value is -1.66. The fourth-order valence-electron chi connectivity index (χ4n) is 2.71. The van der Waals surface area contributed by atoms with E-state index in [-0.39, 0.29) is 17.8 Å². The second-order valence-electron chi connectivity index (χ2n) is 6.37. The number of piperazine rings is 1. The van der Waals surface area contributed by atoms with E-state index in [1.165, 1.54) is 6.07 Å². The summed E-state index contributed by atoms with van der Waals surface area (Å²) in [4.78, 5) is 15.1. The molecule has 21 heavy (non-hydrogen) atoms. The lowest BCUT2D eigenvalue weighted by molar-refractivity contribution is -0.385. The van der Waals surface area contributed by atoms with Crippen LogP contribution in [0, 0.1) is 10.1 Å². The third kappa shape index (κ3) is 3.51. The number of rotatable bonds is 3. The number of benzene rings is 1. The first-order valence-corrected chi connectivity index (χ1v) is 7.21. The Morgan fingerprint density at radius 2 is 1.86 bits per heavy atom. The molecule has 1 aromatic rings. The van der Waals surface area contributed by atoms with Crippen LogP contribution in [0.5, 0.6) is 0 Å². The van der Waals surface area contributed by atoms with Gasteiger partial charge in [-0.25, -0.2) is 0 Å². The van der Waals surface area contributed by atoms with Crippen LogP contribution in [-0.4, -0.2) is 46.6 Å². The smallest absolute Gasteiger partial charge is 0.275 e. The zero-order chi connectivity index (χ0) is 15.6. The Bertz CT molecular complexity index is 517. The molecule has 1 saturated heterocycles. The summed E-state index contributed by atoms with van der Waals surface area (Å²) in [5.41, 5.74) is 1.46. The van der Waals surface area contributed by atoms with Crippen molar-refractivity contribution in [3.05, 3.63) is 33.9 Å². The predicted octanol–water partition coefficient (Wildman–Crippen LogP) is 2.01. The number of anilines is 1. The van der Waals surface area contributed by atoms with E-state index in [0.717, 1.165) is 31.9 Å². The number of hydrogen-bond donors (Lipinski definition) is 1. The van der Waals surface area contributed by atoms with Crippen molar-refractivity contribution in [1.29, 1.82) is 0 Å². The first-order valence-electron chi connectivity index (χ1n) is 7.21. The monoisotopic (exact) mass is 293 g/mol. The van der Waals surface area contributed by atoms with Gasteiger partial charge in [0, 0.05) is 43.5 Å². The summed E-state index contributed by atoms with van der Waals surface area (Å²) in [6.07, 6.45) is 0. The Morgan fingerprint density at radius 3 is 2.33 bits per heavy atom. The van der Waals surface area contributed by atoms with Crippen LogP contribution >= 0.6 is 0 Å². The summed E-state index contributed by atoms with van der Waals surface area (Å²) in [5.74, 6) is 0. The summed E-state index contributed by atoms with van der Waals surface area (Å²) in [7, 11) is 0. The van der Waals surface area contributed by atoms with E-state index in [9.17, 15) is 15.2 Å². The highest BCUT2D eigenvalue weighted by atomic mass is 16.6. The fourth-order valence-corrected chi connectivity index (χ4v) is 2.71. The number of aliphatic hydroxyl groups is 1. The van der Waals surface area contributed by atoms with Crippen LogP contribution in [0.15, 0.2) is 18.2 Å². The SMILES string of the molecule is CC(C)(C)N1CCN(c2ccc([N+](=O)[O-])c(CO)c2)CC1. The maximum Gasteiger partial charge on any atom is 0.275 e. The molecule has 0 spiro atoms. The molecule has 1 aliphatic rings. The van der Waals surface area contributed by atoms with E-state index >= 15 is 0 Å². The topological polar surface area (TPSA) is 69.9 Å². The molecule has 0 amide bonds. The molecule has 0 unspecified atom stereocenters. The lowest BCUT2D eigenvalue weighted by atomic mass is 10.0. The van der Waals surface area contributed by atoms with E-state index in [0.29, 0.717) is 5.56 Å². The first kappa shape index (κ1) is 15.7. The van der Waals surface area contributed by atoms with Crippen molar-refractivity contribution in [2.24, 2.45) is 0 Å². The minimum Gasteiger partial charge on any atom is -0.391 e. The van der Waals surface area contributed by atoms with Gasteiger partial charge in [0.15, 0.2) is 0 Å². The summed E-state index contributed by atoms with van der Waals surface area (Å²) in [5, 5.41) is 20.2. The molecule has 0 atom stereocenters. The van der Waals surface area contributed by atoms with Gasteiger partial charge in [0.1, 0.15) is 0 Å². The highest BCUT2D eigenvalue weighted by molar-refractivity contribution is 5.55. The van der Waals surface area contributed by atoms with Gasteiger partial charge >= 0.3 is 0 Å². The molecular formula is C15H23N3O3. The normalized spacial score (nSPS) is 17.0. The molecule has 2 rings (SSSR count). The van der Waals surface area contributed by atoms with Crippen molar-refractivity contribution in [2.75, 3.05) is 31.1 Å². The molecule has 1 fully saturated rings. The Kier molecular flexibility index (Phi) is 4.49. The molecule has 6 nitrogen and oxygen atoms in total. The average Bonchev–Trinajstić information content (AvgIpc) is 2.45. The Labute approximate surface area is 125 Å². The lowest BCUT2D eigenvalue weighted by Crippen LogP contribution is -2.53. The van der Waals surface area contributed by atoms with Crippen molar-refractivity contribution in [2.45, 2.75) is 32.9 Å². The third-order valence-corrected chi connectivity index (χ3v) is 4.02. The molecule has 0 saturated carbocycles. The minimum absolute atomic E-state index is 0.0189. The van der Waals surface area contributed by atoms with E-state index in [2.05, 4.69) is 30.6 Å². The van der Waals surface area contributed by atoms with Crippen LogP contribution in [0.4, 0.5) is 11.4 Å². The summed E-state index contributed by atoms with van der Waals surface area (Å²) in [6, 6.07) is 4.98. The highest BCUT2D eigenvalue weighted by Crippen LogP contribution is 2.26. The minimum atomic E-state index is -0.452. The van der Waals surface area contributed by atoms with Crippen molar-refractivity contribution in [3.63, 3.8) is 0 Å². The summed E-state index contributed by atoms with van der Waals surface area (Å²) < 4.78 is 0. The first-order chi connectivity index (χ1) is 9.82. The van der Waals surface area contributed by atoms with Crippen LogP contribution in [0.3, 0.4) is 0 Å². The largest absolute Gasteiger partial charge is 0.391 e.